The van der Waals surface area contributed by atoms with E-state index in [2.05, 4.69) is 15.3 Å². The molecular weight excluding hydrogens is 220 g/mol. The predicted octanol–water partition coefficient (Wildman–Crippen LogP) is 1.62. The van der Waals surface area contributed by atoms with E-state index in [1.807, 2.05) is 13.8 Å². The molecule has 17 heavy (non-hydrogen) atoms. The van der Waals surface area contributed by atoms with E-state index in [9.17, 15) is 4.79 Å². The van der Waals surface area contributed by atoms with Gasteiger partial charge in [-0.2, -0.15) is 0 Å². The molecule has 0 atom stereocenters. The Morgan fingerprint density at radius 2 is 2.18 bits per heavy atom. The molecule has 6 heteroatoms. The third-order valence-corrected chi connectivity index (χ3v) is 2.29. The standard InChI is InChI=1S/C11H12N4O2/c1-7(2)15-10(8-5-3-4-6-12-8)9(11(16)17)13-14-15/h3-7H,1-2H3,(H,16,17). The highest BCUT2D eigenvalue weighted by atomic mass is 16.4. The molecule has 0 fully saturated rings. The van der Waals surface area contributed by atoms with E-state index < -0.39 is 5.97 Å². The van der Waals surface area contributed by atoms with Crippen LogP contribution >= 0.6 is 0 Å². The lowest BCUT2D eigenvalue weighted by molar-refractivity contribution is 0.0691. The van der Waals surface area contributed by atoms with E-state index in [0.717, 1.165) is 0 Å². The summed E-state index contributed by atoms with van der Waals surface area (Å²) in [6, 6.07) is 5.33. The third-order valence-electron chi connectivity index (χ3n) is 2.29. The number of aromatic nitrogens is 4. The normalized spacial score (nSPS) is 10.8. The van der Waals surface area contributed by atoms with Gasteiger partial charge in [-0.3, -0.25) is 4.98 Å². The van der Waals surface area contributed by atoms with Crippen molar-refractivity contribution in [1.82, 2.24) is 20.0 Å². The number of carbonyl (C=O) groups is 1. The Morgan fingerprint density at radius 3 is 2.71 bits per heavy atom. The molecule has 0 aromatic carbocycles. The number of pyridine rings is 1. The van der Waals surface area contributed by atoms with Crippen LogP contribution in [-0.2, 0) is 0 Å². The van der Waals surface area contributed by atoms with Gasteiger partial charge >= 0.3 is 5.97 Å². The Kier molecular flexibility index (Phi) is 2.86. The van der Waals surface area contributed by atoms with Gasteiger partial charge in [0, 0.05) is 12.2 Å². The van der Waals surface area contributed by atoms with Crippen LogP contribution in [0.4, 0.5) is 0 Å². The van der Waals surface area contributed by atoms with E-state index >= 15 is 0 Å². The van der Waals surface area contributed by atoms with E-state index in [-0.39, 0.29) is 11.7 Å². The van der Waals surface area contributed by atoms with Crippen molar-refractivity contribution >= 4 is 5.97 Å². The van der Waals surface area contributed by atoms with Crippen LogP contribution in [0, 0.1) is 0 Å². The average molecular weight is 232 g/mol. The van der Waals surface area contributed by atoms with Gasteiger partial charge in [-0.1, -0.05) is 11.3 Å². The predicted molar refractivity (Wildman–Crippen MR) is 60.6 cm³/mol. The number of carboxylic acid groups (broad SMARTS) is 1. The number of nitrogens with zero attached hydrogens (tertiary/aromatic N) is 4. The Bertz CT molecular complexity index is 534. The first-order valence-electron chi connectivity index (χ1n) is 5.21. The van der Waals surface area contributed by atoms with E-state index in [1.165, 1.54) is 0 Å². The molecule has 0 spiro atoms. The van der Waals surface area contributed by atoms with Crippen molar-refractivity contribution in [1.29, 1.82) is 0 Å². The highest BCUT2D eigenvalue weighted by Gasteiger charge is 2.22. The van der Waals surface area contributed by atoms with Crippen LogP contribution in [0.5, 0.6) is 0 Å². The summed E-state index contributed by atoms with van der Waals surface area (Å²) in [5.74, 6) is -1.10. The van der Waals surface area contributed by atoms with Crippen molar-refractivity contribution in [2.45, 2.75) is 19.9 Å². The summed E-state index contributed by atoms with van der Waals surface area (Å²) in [6.07, 6.45) is 1.61. The molecule has 0 aliphatic rings. The molecule has 2 aromatic heterocycles. The molecule has 0 aliphatic heterocycles. The van der Waals surface area contributed by atoms with Crippen LogP contribution in [0.15, 0.2) is 24.4 Å². The lowest BCUT2D eigenvalue weighted by Gasteiger charge is -2.09. The molecule has 2 aromatic rings. The first kappa shape index (κ1) is 11.3. The van der Waals surface area contributed by atoms with Crippen molar-refractivity contribution < 1.29 is 9.90 Å². The third kappa shape index (κ3) is 2.01. The molecule has 0 radical (unpaired) electrons. The fraction of sp³-hybridized carbons (Fsp3) is 0.273. The van der Waals surface area contributed by atoms with Crippen LogP contribution in [-0.4, -0.2) is 31.1 Å². The number of aromatic carboxylic acids is 1. The maximum atomic E-state index is 11.1. The summed E-state index contributed by atoms with van der Waals surface area (Å²) in [5, 5.41) is 16.6. The Morgan fingerprint density at radius 1 is 1.41 bits per heavy atom. The molecule has 1 N–H and O–H groups in total. The summed E-state index contributed by atoms with van der Waals surface area (Å²) in [4.78, 5) is 15.2. The number of hydrogen-bond donors (Lipinski definition) is 1. The zero-order chi connectivity index (χ0) is 12.4. The van der Waals surface area contributed by atoms with Crippen LogP contribution in [0.2, 0.25) is 0 Å². The molecule has 2 rings (SSSR count). The lowest BCUT2D eigenvalue weighted by Crippen LogP contribution is -2.07. The molecule has 0 bridgehead atoms. The van der Waals surface area contributed by atoms with Crippen LogP contribution < -0.4 is 0 Å². The van der Waals surface area contributed by atoms with Crippen LogP contribution in [0.1, 0.15) is 30.4 Å². The van der Waals surface area contributed by atoms with Crippen molar-refractivity contribution in [3.8, 4) is 11.4 Å². The van der Waals surface area contributed by atoms with E-state index in [0.29, 0.717) is 11.4 Å². The maximum absolute atomic E-state index is 11.1. The zero-order valence-corrected chi connectivity index (χ0v) is 9.53. The van der Waals surface area contributed by atoms with Crippen molar-refractivity contribution in [2.75, 3.05) is 0 Å². The van der Waals surface area contributed by atoms with E-state index in [1.54, 1.807) is 29.1 Å². The second kappa shape index (κ2) is 4.32. The smallest absolute Gasteiger partial charge is 0.358 e. The second-order valence-electron chi connectivity index (χ2n) is 3.85. The molecule has 0 unspecified atom stereocenters. The number of rotatable bonds is 3. The van der Waals surface area contributed by atoms with Gasteiger partial charge in [0.05, 0.1) is 5.69 Å². The molecule has 2 heterocycles. The quantitative estimate of drug-likeness (QED) is 0.869. The molecule has 6 nitrogen and oxygen atoms in total. The first-order valence-corrected chi connectivity index (χ1v) is 5.21. The zero-order valence-electron chi connectivity index (χ0n) is 9.53. The minimum Gasteiger partial charge on any atom is -0.476 e. The average Bonchev–Trinajstić information content (AvgIpc) is 2.74. The topological polar surface area (TPSA) is 80.9 Å². The molecule has 0 amide bonds. The van der Waals surface area contributed by atoms with Crippen LogP contribution in [0.3, 0.4) is 0 Å². The maximum Gasteiger partial charge on any atom is 0.358 e. The SMILES string of the molecule is CC(C)n1nnc(C(=O)O)c1-c1ccccn1. The Hall–Kier alpha value is -2.24. The van der Waals surface area contributed by atoms with Crippen molar-refractivity contribution in [3.63, 3.8) is 0 Å². The van der Waals surface area contributed by atoms with Gasteiger partial charge in [0.1, 0.15) is 5.69 Å². The summed E-state index contributed by atoms with van der Waals surface area (Å²) in [6.45, 7) is 3.82. The van der Waals surface area contributed by atoms with Gasteiger partial charge in [0.2, 0.25) is 0 Å². The van der Waals surface area contributed by atoms with Crippen molar-refractivity contribution in [2.24, 2.45) is 0 Å². The molecule has 0 aliphatic carbocycles. The van der Waals surface area contributed by atoms with Gasteiger partial charge in [-0.15, -0.1) is 5.10 Å². The van der Waals surface area contributed by atoms with Crippen LogP contribution in [0.25, 0.3) is 11.4 Å². The largest absolute Gasteiger partial charge is 0.476 e. The molecule has 0 saturated carbocycles. The fourth-order valence-electron chi connectivity index (χ4n) is 1.54. The number of carboxylic acids is 1. The first-order chi connectivity index (χ1) is 8.11. The lowest BCUT2D eigenvalue weighted by atomic mass is 10.2. The molecule has 88 valence electrons. The second-order valence-corrected chi connectivity index (χ2v) is 3.85. The highest BCUT2D eigenvalue weighted by molar-refractivity contribution is 5.92. The minimum atomic E-state index is -1.10. The molecular formula is C11H12N4O2. The highest BCUT2D eigenvalue weighted by Crippen LogP contribution is 2.22. The summed E-state index contributed by atoms with van der Waals surface area (Å²) in [5.41, 5.74) is 0.925. The summed E-state index contributed by atoms with van der Waals surface area (Å²) >= 11 is 0. The Balaban J connectivity index is 2.65. The summed E-state index contributed by atoms with van der Waals surface area (Å²) in [7, 11) is 0. The minimum absolute atomic E-state index is 0.0209. The van der Waals surface area contributed by atoms with Gasteiger partial charge in [-0.25, -0.2) is 9.48 Å². The van der Waals surface area contributed by atoms with E-state index in [4.69, 9.17) is 5.11 Å². The van der Waals surface area contributed by atoms with Gasteiger partial charge < -0.3 is 5.11 Å². The van der Waals surface area contributed by atoms with Gasteiger partial charge in [0.25, 0.3) is 0 Å². The van der Waals surface area contributed by atoms with Gasteiger partial charge in [0.15, 0.2) is 5.69 Å². The van der Waals surface area contributed by atoms with Gasteiger partial charge in [-0.05, 0) is 26.0 Å². The van der Waals surface area contributed by atoms with Crippen molar-refractivity contribution in [3.05, 3.63) is 30.1 Å². The number of hydrogen-bond acceptors (Lipinski definition) is 4. The fourth-order valence-corrected chi connectivity index (χ4v) is 1.54. The Labute approximate surface area is 97.9 Å². The monoisotopic (exact) mass is 232 g/mol. The summed E-state index contributed by atoms with van der Waals surface area (Å²) < 4.78 is 1.56. The molecule has 0 saturated heterocycles.